The summed E-state index contributed by atoms with van der Waals surface area (Å²) in [6.07, 6.45) is 1.45. The predicted molar refractivity (Wildman–Crippen MR) is 128 cm³/mol. The first kappa shape index (κ1) is 20.6. The van der Waals surface area contributed by atoms with Crippen molar-refractivity contribution >= 4 is 27.7 Å². The summed E-state index contributed by atoms with van der Waals surface area (Å²) in [6, 6.07) is 24.6. The van der Waals surface area contributed by atoms with E-state index in [1.807, 2.05) is 60.7 Å². The third-order valence-corrected chi connectivity index (χ3v) is 5.57. The van der Waals surface area contributed by atoms with Gasteiger partial charge in [-0.25, -0.2) is 9.67 Å². The minimum Gasteiger partial charge on any atom is -0.351 e. The highest BCUT2D eigenvalue weighted by atomic mass is 16.2. The zero-order valence-corrected chi connectivity index (χ0v) is 18.0. The van der Waals surface area contributed by atoms with E-state index in [2.05, 4.69) is 20.4 Å². The maximum atomic E-state index is 13.0. The largest absolute Gasteiger partial charge is 0.351 e. The average molecular weight is 438 g/mol. The highest BCUT2D eigenvalue weighted by Crippen LogP contribution is 2.14. The van der Waals surface area contributed by atoms with Gasteiger partial charge in [0, 0.05) is 18.4 Å². The Morgan fingerprint density at radius 1 is 0.909 bits per heavy atom. The van der Waals surface area contributed by atoms with E-state index >= 15 is 0 Å². The molecule has 3 aromatic carbocycles. The first-order valence-electron chi connectivity index (χ1n) is 10.9. The van der Waals surface area contributed by atoms with Gasteiger partial charge < -0.3 is 10.3 Å². The number of hydrogen-bond acceptors (Lipinski definition) is 4. The molecule has 0 aliphatic rings. The molecular formula is C26H23N5O2. The standard InChI is InChI=1S/C26H23N5O2/c32-25(27-16-8-15-23-28-21-13-6-7-14-22(21)29-23)24-19-11-4-5-12-20(19)26(33)31(30-24)17-18-9-2-1-3-10-18/h1-7,9-14H,8,15-17H2,(H,27,32)(H,28,29). The fourth-order valence-electron chi connectivity index (χ4n) is 3.93. The van der Waals surface area contributed by atoms with Crippen LogP contribution >= 0.6 is 0 Å². The zero-order valence-electron chi connectivity index (χ0n) is 18.0. The van der Waals surface area contributed by atoms with Crippen LogP contribution in [0.2, 0.25) is 0 Å². The van der Waals surface area contributed by atoms with E-state index in [1.54, 1.807) is 18.2 Å². The van der Waals surface area contributed by atoms with Crippen molar-refractivity contribution in [1.29, 1.82) is 0 Å². The van der Waals surface area contributed by atoms with Crippen LogP contribution in [0.3, 0.4) is 0 Å². The Morgan fingerprint density at radius 3 is 2.45 bits per heavy atom. The normalized spacial score (nSPS) is 11.2. The lowest BCUT2D eigenvalue weighted by molar-refractivity contribution is 0.0947. The molecule has 164 valence electrons. The number of nitrogens with zero attached hydrogens (tertiary/aromatic N) is 3. The lowest BCUT2D eigenvalue weighted by Gasteiger charge is -2.11. The summed E-state index contributed by atoms with van der Waals surface area (Å²) in [5.74, 6) is 0.600. The molecule has 0 fully saturated rings. The maximum Gasteiger partial charge on any atom is 0.274 e. The fraction of sp³-hybridized carbons (Fsp3) is 0.154. The third kappa shape index (κ3) is 4.39. The molecule has 1 amide bonds. The molecule has 0 saturated carbocycles. The Hall–Kier alpha value is -4.26. The van der Waals surface area contributed by atoms with Gasteiger partial charge in [-0.1, -0.05) is 60.7 Å². The molecule has 0 bridgehead atoms. The number of para-hydroxylation sites is 2. The van der Waals surface area contributed by atoms with Crippen LogP contribution in [0.1, 0.15) is 28.3 Å². The molecule has 0 saturated heterocycles. The minimum absolute atomic E-state index is 0.212. The van der Waals surface area contributed by atoms with Crippen molar-refractivity contribution in [3.05, 3.63) is 106 Å². The summed E-state index contributed by atoms with van der Waals surface area (Å²) in [6.45, 7) is 0.778. The molecule has 0 aliphatic heterocycles. The van der Waals surface area contributed by atoms with Gasteiger partial charge in [-0.15, -0.1) is 0 Å². The van der Waals surface area contributed by atoms with Gasteiger partial charge in [0.25, 0.3) is 11.5 Å². The van der Waals surface area contributed by atoms with Gasteiger partial charge in [0.05, 0.1) is 23.0 Å². The number of H-pyrrole nitrogens is 1. The second-order valence-electron chi connectivity index (χ2n) is 7.90. The van der Waals surface area contributed by atoms with Crippen LogP contribution in [0, 0.1) is 0 Å². The monoisotopic (exact) mass is 437 g/mol. The molecule has 5 rings (SSSR count). The van der Waals surface area contributed by atoms with Crippen molar-refractivity contribution in [2.75, 3.05) is 6.54 Å². The Kier molecular flexibility index (Phi) is 5.68. The molecule has 2 N–H and O–H groups in total. The second-order valence-corrected chi connectivity index (χ2v) is 7.90. The quantitative estimate of drug-likeness (QED) is 0.380. The van der Waals surface area contributed by atoms with E-state index in [0.29, 0.717) is 23.9 Å². The number of benzene rings is 3. The fourth-order valence-corrected chi connectivity index (χ4v) is 3.93. The molecule has 0 radical (unpaired) electrons. The van der Waals surface area contributed by atoms with E-state index in [1.165, 1.54) is 4.68 Å². The number of hydrogen-bond donors (Lipinski definition) is 2. The van der Waals surface area contributed by atoms with E-state index in [4.69, 9.17) is 0 Å². The molecule has 0 aliphatic carbocycles. The second kappa shape index (κ2) is 9.08. The summed E-state index contributed by atoms with van der Waals surface area (Å²) >= 11 is 0. The summed E-state index contributed by atoms with van der Waals surface area (Å²) < 4.78 is 1.36. The average Bonchev–Trinajstić information content (AvgIpc) is 3.27. The summed E-state index contributed by atoms with van der Waals surface area (Å²) in [7, 11) is 0. The Bertz CT molecular complexity index is 1450. The van der Waals surface area contributed by atoms with E-state index in [-0.39, 0.29) is 17.2 Å². The Balaban J connectivity index is 1.32. The maximum absolute atomic E-state index is 13.0. The van der Waals surface area contributed by atoms with Gasteiger partial charge in [0.1, 0.15) is 5.82 Å². The summed E-state index contributed by atoms with van der Waals surface area (Å²) in [5, 5.41) is 8.42. The van der Waals surface area contributed by atoms with Crippen molar-refractivity contribution in [1.82, 2.24) is 25.1 Å². The van der Waals surface area contributed by atoms with Crippen molar-refractivity contribution in [2.45, 2.75) is 19.4 Å². The number of carbonyl (C=O) groups excluding carboxylic acids is 1. The molecule has 0 atom stereocenters. The van der Waals surface area contributed by atoms with Gasteiger partial charge >= 0.3 is 0 Å². The van der Waals surface area contributed by atoms with E-state index in [9.17, 15) is 9.59 Å². The van der Waals surface area contributed by atoms with Crippen LogP contribution in [0.15, 0.2) is 83.7 Å². The number of imidazole rings is 1. The zero-order chi connectivity index (χ0) is 22.6. The van der Waals surface area contributed by atoms with Crippen molar-refractivity contribution in [3.63, 3.8) is 0 Å². The third-order valence-electron chi connectivity index (χ3n) is 5.57. The summed E-state index contributed by atoms with van der Waals surface area (Å²) in [4.78, 5) is 33.8. The van der Waals surface area contributed by atoms with Gasteiger partial charge in [0.15, 0.2) is 5.69 Å². The Morgan fingerprint density at radius 2 is 1.64 bits per heavy atom. The Labute approximate surface area is 190 Å². The predicted octanol–water partition coefficient (Wildman–Crippen LogP) is 3.68. The SMILES string of the molecule is O=C(NCCCc1nc2ccccc2[nH]1)c1nn(Cc2ccccc2)c(=O)c2ccccc12. The molecule has 2 heterocycles. The van der Waals surface area contributed by atoms with Crippen LogP contribution in [-0.2, 0) is 13.0 Å². The highest BCUT2D eigenvalue weighted by molar-refractivity contribution is 6.04. The molecule has 33 heavy (non-hydrogen) atoms. The topological polar surface area (TPSA) is 92.7 Å². The molecule has 7 heteroatoms. The van der Waals surface area contributed by atoms with E-state index < -0.39 is 0 Å². The number of aromatic nitrogens is 4. The molecule has 2 aromatic heterocycles. The van der Waals surface area contributed by atoms with Gasteiger partial charge in [-0.2, -0.15) is 5.10 Å². The number of nitrogens with one attached hydrogen (secondary N) is 2. The van der Waals surface area contributed by atoms with Gasteiger partial charge in [-0.05, 0) is 30.2 Å². The molecule has 7 nitrogen and oxygen atoms in total. The number of rotatable bonds is 7. The first-order valence-corrected chi connectivity index (χ1v) is 10.9. The molecule has 0 unspecified atom stereocenters. The smallest absolute Gasteiger partial charge is 0.274 e. The molecular weight excluding hydrogens is 414 g/mol. The molecule has 5 aromatic rings. The minimum atomic E-state index is -0.294. The van der Waals surface area contributed by atoms with Crippen molar-refractivity contribution < 1.29 is 4.79 Å². The van der Waals surface area contributed by atoms with E-state index in [0.717, 1.165) is 35.3 Å². The van der Waals surface area contributed by atoms with Gasteiger partial charge in [-0.3, -0.25) is 9.59 Å². The van der Waals surface area contributed by atoms with Crippen LogP contribution in [0.5, 0.6) is 0 Å². The summed E-state index contributed by atoms with van der Waals surface area (Å²) in [5.41, 5.74) is 2.93. The van der Waals surface area contributed by atoms with Crippen molar-refractivity contribution in [2.24, 2.45) is 0 Å². The van der Waals surface area contributed by atoms with Crippen LogP contribution in [-0.4, -0.2) is 32.2 Å². The number of fused-ring (bicyclic) bond motifs is 2. The first-order chi connectivity index (χ1) is 16.2. The highest BCUT2D eigenvalue weighted by Gasteiger charge is 2.16. The lowest BCUT2D eigenvalue weighted by atomic mass is 10.1. The number of amides is 1. The molecule has 0 spiro atoms. The lowest BCUT2D eigenvalue weighted by Crippen LogP contribution is -2.31. The number of carbonyl (C=O) groups is 1. The number of aryl methyl sites for hydroxylation is 1. The number of aromatic amines is 1. The van der Waals surface area contributed by atoms with Crippen LogP contribution in [0.4, 0.5) is 0 Å². The van der Waals surface area contributed by atoms with Crippen LogP contribution in [0.25, 0.3) is 21.8 Å². The van der Waals surface area contributed by atoms with Crippen LogP contribution < -0.4 is 10.9 Å². The van der Waals surface area contributed by atoms with Crippen molar-refractivity contribution in [3.8, 4) is 0 Å². The van der Waals surface area contributed by atoms with Gasteiger partial charge in [0.2, 0.25) is 0 Å².